The topological polar surface area (TPSA) is 12.0 Å². The fraction of sp³-hybridized carbons (Fsp3) is 0.600. The van der Waals surface area contributed by atoms with E-state index in [1.54, 1.807) is 0 Å². The largest absolute Gasteiger partial charge is 0.314 e. The van der Waals surface area contributed by atoms with E-state index in [2.05, 4.69) is 5.32 Å². The van der Waals surface area contributed by atoms with Gasteiger partial charge in [-0.2, -0.15) is 0 Å². The maximum absolute atomic E-state index is 13.6. The molecule has 0 heterocycles. The summed E-state index contributed by atoms with van der Waals surface area (Å²) in [6, 6.07) is 4.86. The molecule has 0 spiro atoms. The number of benzene rings is 1. The van der Waals surface area contributed by atoms with Crippen LogP contribution in [-0.4, -0.2) is 12.6 Å². The Morgan fingerprint density at radius 1 is 1.00 bits per heavy atom. The zero-order valence-electron chi connectivity index (χ0n) is 10.5. The maximum Gasteiger partial charge on any atom is 0.129 e. The minimum atomic E-state index is -0.393. The van der Waals surface area contributed by atoms with E-state index in [0.717, 1.165) is 19.0 Å². The molecule has 1 nitrogen and oxygen atoms in total. The number of rotatable bonds is 5. The zero-order chi connectivity index (χ0) is 12.5. The molecule has 2 unspecified atom stereocenters. The van der Waals surface area contributed by atoms with Crippen LogP contribution in [0.4, 0.5) is 8.78 Å². The number of nitrogens with one attached hydrogen (secondary N) is 1. The summed E-state index contributed by atoms with van der Waals surface area (Å²) < 4.78 is 27.1. The number of halogens is 2. The second-order valence-electron chi connectivity index (χ2n) is 5.68. The predicted octanol–water partition coefficient (Wildman–Crippen LogP) is 3.29. The Morgan fingerprint density at radius 2 is 1.67 bits per heavy atom. The van der Waals surface area contributed by atoms with Crippen LogP contribution in [0.5, 0.6) is 0 Å². The van der Waals surface area contributed by atoms with Crippen molar-refractivity contribution in [1.29, 1.82) is 0 Å². The molecule has 2 fully saturated rings. The molecule has 3 rings (SSSR count). The fourth-order valence-electron chi connectivity index (χ4n) is 2.77. The van der Waals surface area contributed by atoms with Crippen molar-refractivity contribution in [3.63, 3.8) is 0 Å². The molecule has 1 aromatic rings. The van der Waals surface area contributed by atoms with Gasteiger partial charge < -0.3 is 5.32 Å². The normalized spacial score (nSPS) is 27.0. The minimum absolute atomic E-state index is 0.277. The number of hydrogen-bond donors (Lipinski definition) is 1. The van der Waals surface area contributed by atoms with Gasteiger partial charge in [0.25, 0.3) is 0 Å². The Morgan fingerprint density at radius 3 is 2.22 bits per heavy atom. The third kappa shape index (κ3) is 2.56. The fourth-order valence-corrected chi connectivity index (χ4v) is 2.77. The van der Waals surface area contributed by atoms with E-state index in [0.29, 0.717) is 18.3 Å². The first kappa shape index (κ1) is 12.1. The smallest absolute Gasteiger partial charge is 0.129 e. The molecule has 1 N–H and O–H groups in total. The summed E-state index contributed by atoms with van der Waals surface area (Å²) in [6.45, 7) is 1.02. The van der Waals surface area contributed by atoms with Crippen LogP contribution >= 0.6 is 0 Å². The van der Waals surface area contributed by atoms with Gasteiger partial charge >= 0.3 is 0 Å². The summed E-state index contributed by atoms with van der Waals surface area (Å²) in [5.41, 5.74) is 0.277. The molecule has 1 aromatic carbocycles. The van der Waals surface area contributed by atoms with Crippen LogP contribution in [0.3, 0.4) is 0 Å². The lowest BCUT2D eigenvalue weighted by Gasteiger charge is -2.37. The summed E-state index contributed by atoms with van der Waals surface area (Å²) >= 11 is 0. The average molecular weight is 251 g/mol. The van der Waals surface area contributed by atoms with Gasteiger partial charge in [-0.15, -0.1) is 0 Å². The molecule has 98 valence electrons. The molecule has 18 heavy (non-hydrogen) atoms. The first-order chi connectivity index (χ1) is 8.74. The second-order valence-corrected chi connectivity index (χ2v) is 5.68. The summed E-state index contributed by atoms with van der Waals surface area (Å²) in [5.74, 6) is 0.263. The highest BCUT2D eigenvalue weighted by atomic mass is 19.1. The van der Waals surface area contributed by atoms with E-state index in [1.165, 1.54) is 37.5 Å². The molecule has 3 heteroatoms. The Kier molecular flexibility index (Phi) is 3.33. The highest BCUT2D eigenvalue weighted by Crippen LogP contribution is 2.37. The van der Waals surface area contributed by atoms with Gasteiger partial charge in [0.15, 0.2) is 0 Å². The molecule has 0 amide bonds. The summed E-state index contributed by atoms with van der Waals surface area (Å²) in [6.07, 6.45) is 5.43. The van der Waals surface area contributed by atoms with Gasteiger partial charge in [0, 0.05) is 11.6 Å². The van der Waals surface area contributed by atoms with Crippen molar-refractivity contribution in [3.8, 4) is 0 Å². The van der Waals surface area contributed by atoms with Crippen LogP contribution in [0.15, 0.2) is 18.2 Å². The van der Waals surface area contributed by atoms with E-state index in [-0.39, 0.29) is 5.56 Å². The Balaban J connectivity index is 1.58. The van der Waals surface area contributed by atoms with Crippen LogP contribution in [0, 0.1) is 23.5 Å². The molecule has 0 aliphatic heterocycles. The van der Waals surface area contributed by atoms with Crippen LogP contribution in [0.1, 0.15) is 31.2 Å². The summed E-state index contributed by atoms with van der Waals surface area (Å²) in [7, 11) is 0. The molecule has 2 aliphatic carbocycles. The SMILES string of the molecule is Fc1cccc(F)c1CC1CCC1CNC1CC1. The molecule has 0 saturated heterocycles. The lowest BCUT2D eigenvalue weighted by atomic mass is 9.70. The molecule has 2 atom stereocenters. The highest BCUT2D eigenvalue weighted by Gasteiger charge is 2.33. The second kappa shape index (κ2) is 4.96. The maximum atomic E-state index is 13.6. The van der Waals surface area contributed by atoms with Crippen LogP contribution < -0.4 is 5.32 Å². The quantitative estimate of drug-likeness (QED) is 0.846. The van der Waals surface area contributed by atoms with Crippen LogP contribution in [0.25, 0.3) is 0 Å². The van der Waals surface area contributed by atoms with Crippen molar-refractivity contribution in [1.82, 2.24) is 5.32 Å². The van der Waals surface area contributed by atoms with Gasteiger partial charge in [-0.25, -0.2) is 8.78 Å². The molecular formula is C15H19F2N. The first-order valence-electron chi connectivity index (χ1n) is 6.90. The van der Waals surface area contributed by atoms with Gasteiger partial charge in [-0.3, -0.25) is 0 Å². The van der Waals surface area contributed by atoms with E-state index in [4.69, 9.17) is 0 Å². The lowest BCUT2D eigenvalue weighted by Crippen LogP contribution is -2.37. The Labute approximate surface area is 107 Å². The average Bonchev–Trinajstić information content (AvgIpc) is 3.11. The van der Waals surface area contributed by atoms with E-state index >= 15 is 0 Å². The highest BCUT2D eigenvalue weighted by molar-refractivity contribution is 5.20. The third-order valence-corrected chi connectivity index (χ3v) is 4.35. The lowest BCUT2D eigenvalue weighted by molar-refractivity contribution is 0.168. The summed E-state index contributed by atoms with van der Waals surface area (Å²) in [4.78, 5) is 0. The molecule has 0 aromatic heterocycles. The van der Waals surface area contributed by atoms with Gasteiger partial charge in [-0.05, 0) is 62.6 Å². The van der Waals surface area contributed by atoms with Crippen molar-refractivity contribution in [2.24, 2.45) is 11.8 Å². The van der Waals surface area contributed by atoms with Gasteiger partial charge in [0.05, 0.1) is 0 Å². The predicted molar refractivity (Wildman–Crippen MR) is 67.3 cm³/mol. The van der Waals surface area contributed by atoms with Gasteiger partial charge in [0.2, 0.25) is 0 Å². The third-order valence-electron chi connectivity index (χ3n) is 4.35. The number of hydrogen-bond acceptors (Lipinski definition) is 1. The molecular weight excluding hydrogens is 232 g/mol. The Hall–Kier alpha value is -0.960. The van der Waals surface area contributed by atoms with Crippen molar-refractivity contribution in [2.75, 3.05) is 6.54 Å². The van der Waals surface area contributed by atoms with Crippen LogP contribution in [-0.2, 0) is 6.42 Å². The van der Waals surface area contributed by atoms with Gasteiger partial charge in [-0.1, -0.05) is 6.07 Å². The van der Waals surface area contributed by atoms with Crippen molar-refractivity contribution >= 4 is 0 Å². The molecule has 2 saturated carbocycles. The standard InChI is InChI=1S/C15H19F2N/c16-14-2-1-3-15(17)13(14)8-10-4-5-11(10)9-18-12-6-7-12/h1-3,10-12,18H,4-9H2. The van der Waals surface area contributed by atoms with Crippen molar-refractivity contribution in [3.05, 3.63) is 35.4 Å². The molecule has 0 bridgehead atoms. The Bertz CT molecular complexity index is 408. The van der Waals surface area contributed by atoms with E-state index in [9.17, 15) is 8.78 Å². The minimum Gasteiger partial charge on any atom is -0.314 e. The molecule has 0 radical (unpaired) electrons. The summed E-state index contributed by atoms with van der Waals surface area (Å²) in [5, 5.41) is 3.52. The zero-order valence-corrected chi connectivity index (χ0v) is 10.5. The van der Waals surface area contributed by atoms with E-state index in [1.807, 2.05) is 0 Å². The van der Waals surface area contributed by atoms with Gasteiger partial charge in [0.1, 0.15) is 11.6 Å². The molecule has 2 aliphatic rings. The van der Waals surface area contributed by atoms with Crippen LogP contribution in [0.2, 0.25) is 0 Å². The van der Waals surface area contributed by atoms with E-state index < -0.39 is 11.6 Å². The first-order valence-corrected chi connectivity index (χ1v) is 6.90. The van der Waals surface area contributed by atoms with Crippen molar-refractivity contribution < 1.29 is 8.78 Å². The monoisotopic (exact) mass is 251 g/mol. The van der Waals surface area contributed by atoms with Crippen molar-refractivity contribution in [2.45, 2.75) is 38.1 Å².